The molecule has 2 rings (SSSR count). The molecule has 4 heteroatoms. The lowest BCUT2D eigenvalue weighted by molar-refractivity contribution is -0.137. The van der Waals surface area contributed by atoms with Gasteiger partial charge in [0.05, 0.1) is 12.2 Å². The first kappa shape index (κ1) is 12.6. The van der Waals surface area contributed by atoms with Crippen molar-refractivity contribution >= 4 is 0 Å². The fourth-order valence-corrected chi connectivity index (χ4v) is 1.77. The van der Waals surface area contributed by atoms with E-state index in [1.807, 2.05) is 0 Å². The molecule has 0 saturated heterocycles. The Labute approximate surface area is 103 Å². The number of aliphatic hydroxyl groups excluding tert-OH is 1. The van der Waals surface area contributed by atoms with Crippen LogP contribution in [0.1, 0.15) is 11.1 Å². The molecule has 1 nitrogen and oxygen atoms in total. The van der Waals surface area contributed by atoms with Crippen LogP contribution in [0.2, 0.25) is 0 Å². The smallest absolute Gasteiger partial charge is 0.392 e. The van der Waals surface area contributed by atoms with Crippen LogP contribution in [0.3, 0.4) is 0 Å². The first-order valence-corrected chi connectivity index (χ1v) is 5.39. The third kappa shape index (κ3) is 2.54. The van der Waals surface area contributed by atoms with Gasteiger partial charge in [0.2, 0.25) is 0 Å². The number of alkyl halides is 3. The minimum atomic E-state index is -4.37. The Kier molecular flexibility index (Phi) is 3.39. The van der Waals surface area contributed by atoms with Gasteiger partial charge in [0.15, 0.2) is 0 Å². The topological polar surface area (TPSA) is 20.2 Å². The molecule has 2 aromatic rings. The van der Waals surface area contributed by atoms with Crippen LogP contribution in [0.4, 0.5) is 13.2 Å². The van der Waals surface area contributed by atoms with Gasteiger partial charge in [0.25, 0.3) is 0 Å². The Hall–Kier alpha value is -1.81. The van der Waals surface area contributed by atoms with Gasteiger partial charge in [-0.3, -0.25) is 0 Å². The van der Waals surface area contributed by atoms with E-state index in [2.05, 4.69) is 0 Å². The van der Waals surface area contributed by atoms with Crippen molar-refractivity contribution in [1.29, 1.82) is 0 Å². The molecule has 0 bridgehead atoms. The van der Waals surface area contributed by atoms with E-state index in [0.29, 0.717) is 11.1 Å². The van der Waals surface area contributed by atoms with Crippen LogP contribution in [0, 0.1) is 0 Å². The van der Waals surface area contributed by atoms with Gasteiger partial charge in [0, 0.05) is 0 Å². The highest BCUT2D eigenvalue weighted by molar-refractivity contribution is 5.68. The zero-order chi connectivity index (χ0) is 13.2. The van der Waals surface area contributed by atoms with Gasteiger partial charge in [-0.15, -0.1) is 0 Å². The van der Waals surface area contributed by atoms with Gasteiger partial charge in [0.1, 0.15) is 0 Å². The number of rotatable bonds is 2. The van der Waals surface area contributed by atoms with Gasteiger partial charge in [-0.1, -0.05) is 42.5 Å². The summed E-state index contributed by atoms with van der Waals surface area (Å²) in [5.74, 6) is 0. The summed E-state index contributed by atoms with van der Waals surface area (Å²) in [7, 11) is 0. The summed E-state index contributed by atoms with van der Waals surface area (Å²) >= 11 is 0. The molecule has 0 unspecified atom stereocenters. The lowest BCUT2D eigenvalue weighted by Crippen LogP contribution is -2.06. The Morgan fingerprint density at radius 3 is 2.06 bits per heavy atom. The highest BCUT2D eigenvalue weighted by Gasteiger charge is 2.33. The summed E-state index contributed by atoms with van der Waals surface area (Å²) in [6.07, 6.45) is -4.37. The standard InChI is InChI=1S/C14H11F3O/c15-14(16,17)13-4-2-1-3-12(13)11-7-5-10(9-18)6-8-11/h1-8,18H,9H2. The molecule has 0 atom stereocenters. The first-order chi connectivity index (χ1) is 8.52. The summed E-state index contributed by atoms with van der Waals surface area (Å²) in [5, 5.41) is 8.90. The Bertz CT molecular complexity index is 529. The van der Waals surface area contributed by atoms with Crippen molar-refractivity contribution in [1.82, 2.24) is 0 Å². The molecule has 0 spiro atoms. The minimum absolute atomic E-state index is 0.124. The van der Waals surface area contributed by atoms with Gasteiger partial charge in [-0.25, -0.2) is 0 Å². The van der Waals surface area contributed by atoms with Crippen LogP contribution >= 0.6 is 0 Å². The fraction of sp³-hybridized carbons (Fsp3) is 0.143. The third-order valence-electron chi connectivity index (χ3n) is 2.68. The SMILES string of the molecule is OCc1ccc(-c2ccccc2C(F)(F)F)cc1. The van der Waals surface area contributed by atoms with Crippen molar-refractivity contribution in [2.45, 2.75) is 12.8 Å². The molecule has 0 aliphatic rings. The largest absolute Gasteiger partial charge is 0.417 e. The summed E-state index contributed by atoms with van der Waals surface area (Å²) in [6, 6.07) is 11.8. The second kappa shape index (κ2) is 4.82. The van der Waals surface area contributed by atoms with Crippen molar-refractivity contribution in [2.24, 2.45) is 0 Å². The van der Waals surface area contributed by atoms with Crippen LogP contribution in [0.15, 0.2) is 48.5 Å². The van der Waals surface area contributed by atoms with E-state index in [9.17, 15) is 13.2 Å². The van der Waals surface area contributed by atoms with Crippen molar-refractivity contribution < 1.29 is 18.3 Å². The summed E-state index contributed by atoms with van der Waals surface area (Å²) in [6.45, 7) is -0.124. The van der Waals surface area contributed by atoms with Crippen LogP contribution in [0.25, 0.3) is 11.1 Å². The Balaban J connectivity index is 2.50. The van der Waals surface area contributed by atoms with Crippen molar-refractivity contribution in [3.05, 3.63) is 59.7 Å². The lowest BCUT2D eigenvalue weighted by Gasteiger charge is -2.12. The molecule has 0 saturated carbocycles. The molecule has 0 aliphatic heterocycles. The fourth-order valence-electron chi connectivity index (χ4n) is 1.77. The van der Waals surface area contributed by atoms with Gasteiger partial charge < -0.3 is 5.11 Å². The normalized spacial score (nSPS) is 11.6. The quantitative estimate of drug-likeness (QED) is 0.860. The highest BCUT2D eigenvalue weighted by Crippen LogP contribution is 2.36. The average Bonchev–Trinajstić information content (AvgIpc) is 2.38. The van der Waals surface area contributed by atoms with E-state index in [-0.39, 0.29) is 12.2 Å². The summed E-state index contributed by atoms with van der Waals surface area (Å²) in [4.78, 5) is 0. The second-order valence-electron chi connectivity index (χ2n) is 3.90. The second-order valence-corrected chi connectivity index (χ2v) is 3.90. The van der Waals surface area contributed by atoms with Crippen molar-refractivity contribution in [3.8, 4) is 11.1 Å². The van der Waals surface area contributed by atoms with Gasteiger partial charge in [-0.2, -0.15) is 13.2 Å². The maximum absolute atomic E-state index is 12.8. The summed E-state index contributed by atoms with van der Waals surface area (Å²) in [5.41, 5.74) is 0.652. The molecule has 0 fully saturated rings. The maximum Gasteiger partial charge on any atom is 0.417 e. The van der Waals surface area contributed by atoms with E-state index in [1.165, 1.54) is 12.1 Å². The highest BCUT2D eigenvalue weighted by atomic mass is 19.4. The van der Waals surface area contributed by atoms with Crippen molar-refractivity contribution in [3.63, 3.8) is 0 Å². The number of aliphatic hydroxyl groups is 1. The Morgan fingerprint density at radius 1 is 0.889 bits per heavy atom. The number of hydrogen-bond acceptors (Lipinski definition) is 1. The molecular weight excluding hydrogens is 241 g/mol. The lowest BCUT2D eigenvalue weighted by atomic mass is 9.98. The predicted octanol–water partition coefficient (Wildman–Crippen LogP) is 3.86. The van der Waals surface area contributed by atoms with Crippen LogP contribution in [-0.4, -0.2) is 5.11 Å². The molecule has 0 radical (unpaired) electrons. The molecular formula is C14H11F3O. The molecule has 0 aliphatic carbocycles. The van der Waals surface area contributed by atoms with E-state index in [4.69, 9.17) is 5.11 Å². The van der Waals surface area contributed by atoms with Crippen LogP contribution in [-0.2, 0) is 12.8 Å². The van der Waals surface area contributed by atoms with Gasteiger partial charge >= 0.3 is 6.18 Å². The molecule has 18 heavy (non-hydrogen) atoms. The number of hydrogen-bond donors (Lipinski definition) is 1. The predicted molar refractivity (Wildman–Crippen MR) is 62.8 cm³/mol. The molecule has 0 aromatic heterocycles. The average molecular weight is 252 g/mol. The Morgan fingerprint density at radius 2 is 1.50 bits per heavy atom. The number of halogens is 3. The third-order valence-corrected chi connectivity index (χ3v) is 2.68. The zero-order valence-corrected chi connectivity index (χ0v) is 9.41. The van der Waals surface area contributed by atoms with Crippen molar-refractivity contribution in [2.75, 3.05) is 0 Å². The molecule has 94 valence electrons. The monoisotopic (exact) mass is 252 g/mol. The molecule has 1 N–H and O–H groups in total. The van der Waals surface area contributed by atoms with Crippen LogP contribution in [0.5, 0.6) is 0 Å². The van der Waals surface area contributed by atoms with Gasteiger partial charge in [-0.05, 0) is 22.8 Å². The molecule has 0 amide bonds. The van der Waals surface area contributed by atoms with E-state index in [1.54, 1.807) is 30.3 Å². The van der Waals surface area contributed by atoms with E-state index in [0.717, 1.165) is 6.07 Å². The first-order valence-electron chi connectivity index (χ1n) is 5.39. The van der Waals surface area contributed by atoms with E-state index >= 15 is 0 Å². The molecule has 0 heterocycles. The molecule has 2 aromatic carbocycles. The summed E-state index contributed by atoms with van der Waals surface area (Å²) < 4.78 is 38.5. The van der Waals surface area contributed by atoms with Crippen LogP contribution < -0.4 is 0 Å². The maximum atomic E-state index is 12.8. The van der Waals surface area contributed by atoms with E-state index < -0.39 is 11.7 Å². The zero-order valence-electron chi connectivity index (χ0n) is 9.41. The number of benzene rings is 2. The minimum Gasteiger partial charge on any atom is -0.392 e.